The van der Waals surface area contributed by atoms with Crippen molar-refractivity contribution in [2.75, 3.05) is 47.4 Å². The normalized spacial score (nSPS) is 18.1. The van der Waals surface area contributed by atoms with Crippen molar-refractivity contribution in [3.63, 3.8) is 0 Å². The van der Waals surface area contributed by atoms with Gasteiger partial charge >= 0.3 is 0 Å². The predicted molar refractivity (Wildman–Crippen MR) is 114 cm³/mol. The number of carbonyl (C=O) groups excluding carboxylic acids is 1. The Balaban J connectivity index is 1.73. The summed E-state index contributed by atoms with van der Waals surface area (Å²) in [6.07, 6.45) is 0. The Morgan fingerprint density at radius 2 is 1.82 bits per heavy atom. The van der Waals surface area contributed by atoms with E-state index in [0.29, 0.717) is 18.2 Å². The van der Waals surface area contributed by atoms with Crippen molar-refractivity contribution >= 4 is 5.91 Å². The second-order valence-corrected chi connectivity index (χ2v) is 7.83. The van der Waals surface area contributed by atoms with Crippen LogP contribution in [0.1, 0.15) is 21.5 Å². The second-order valence-electron chi connectivity index (χ2n) is 7.83. The third-order valence-corrected chi connectivity index (χ3v) is 5.60. The Kier molecular flexibility index (Phi) is 6.37. The summed E-state index contributed by atoms with van der Waals surface area (Å²) >= 11 is 0. The number of aryl methyl sites for hydroxylation is 2. The molecule has 1 fully saturated rings. The Hall–Kier alpha value is -2.37. The number of hydrogen-bond donors (Lipinski definition) is 1. The summed E-state index contributed by atoms with van der Waals surface area (Å²) in [4.78, 5) is 17.4. The zero-order chi connectivity index (χ0) is 20.3. The van der Waals surface area contributed by atoms with E-state index >= 15 is 0 Å². The molecule has 3 rings (SSSR count). The van der Waals surface area contributed by atoms with E-state index in [-0.39, 0.29) is 5.91 Å². The standard InChI is InChI=1S/C23H31N3O2/c1-16-11-20(12-17(2)22(16)28-5)18-7-6-8-19(13-18)23(27)24-14-21-15-25(3)9-10-26(21)4/h6-8,11-13,21H,9-10,14-15H2,1-5H3,(H,24,27)/t21-/m1/s1. The first-order valence-corrected chi connectivity index (χ1v) is 9.81. The van der Waals surface area contributed by atoms with E-state index in [9.17, 15) is 4.79 Å². The van der Waals surface area contributed by atoms with E-state index in [4.69, 9.17) is 4.74 Å². The molecule has 0 aromatic heterocycles. The van der Waals surface area contributed by atoms with Gasteiger partial charge in [-0.05, 0) is 74.5 Å². The zero-order valence-corrected chi connectivity index (χ0v) is 17.6. The fourth-order valence-corrected chi connectivity index (χ4v) is 3.91. The van der Waals surface area contributed by atoms with Crippen molar-refractivity contribution in [3.8, 4) is 16.9 Å². The van der Waals surface area contributed by atoms with E-state index in [1.54, 1.807) is 7.11 Å². The summed E-state index contributed by atoms with van der Waals surface area (Å²) in [6.45, 7) is 7.82. The van der Waals surface area contributed by atoms with E-state index in [0.717, 1.165) is 47.6 Å². The molecule has 2 aromatic rings. The molecule has 1 N–H and O–H groups in total. The molecule has 28 heavy (non-hydrogen) atoms. The van der Waals surface area contributed by atoms with Gasteiger partial charge in [-0.25, -0.2) is 0 Å². The van der Waals surface area contributed by atoms with Gasteiger partial charge in [-0.3, -0.25) is 9.69 Å². The number of nitrogens with one attached hydrogen (secondary N) is 1. The molecule has 1 aliphatic rings. The third-order valence-electron chi connectivity index (χ3n) is 5.60. The highest BCUT2D eigenvalue weighted by atomic mass is 16.5. The maximum atomic E-state index is 12.7. The van der Waals surface area contributed by atoms with Crippen LogP contribution in [0.15, 0.2) is 36.4 Å². The Bertz CT molecular complexity index is 826. The van der Waals surface area contributed by atoms with Gasteiger partial charge in [-0.1, -0.05) is 12.1 Å². The van der Waals surface area contributed by atoms with Crippen LogP contribution >= 0.6 is 0 Å². The number of rotatable bonds is 5. The second kappa shape index (κ2) is 8.76. The average Bonchev–Trinajstić information content (AvgIpc) is 2.68. The summed E-state index contributed by atoms with van der Waals surface area (Å²) in [7, 11) is 5.95. The first kappa shape index (κ1) is 20.4. The number of methoxy groups -OCH3 is 1. The van der Waals surface area contributed by atoms with Crippen LogP contribution in [0.25, 0.3) is 11.1 Å². The molecule has 0 spiro atoms. The van der Waals surface area contributed by atoms with Crippen molar-refractivity contribution in [3.05, 3.63) is 53.1 Å². The van der Waals surface area contributed by atoms with Crippen LogP contribution < -0.4 is 10.1 Å². The highest BCUT2D eigenvalue weighted by Crippen LogP contribution is 2.30. The number of ether oxygens (including phenoxy) is 1. The molecule has 5 heteroatoms. The molecule has 0 radical (unpaired) electrons. The topological polar surface area (TPSA) is 44.8 Å². The zero-order valence-electron chi connectivity index (χ0n) is 17.6. The highest BCUT2D eigenvalue weighted by Gasteiger charge is 2.22. The van der Waals surface area contributed by atoms with E-state index in [1.165, 1.54) is 0 Å². The molecule has 1 atom stereocenters. The van der Waals surface area contributed by atoms with Gasteiger partial charge in [-0.2, -0.15) is 0 Å². The number of hydrogen-bond acceptors (Lipinski definition) is 4. The van der Waals surface area contributed by atoms with Crippen molar-refractivity contribution in [2.24, 2.45) is 0 Å². The molecule has 5 nitrogen and oxygen atoms in total. The number of likely N-dealkylation sites (N-methyl/N-ethyl adjacent to an activating group) is 2. The summed E-state index contributed by atoms with van der Waals surface area (Å²) in [5, 5.41) is 3.11. The number of piperazine rings is 1. The Labute approximate surface area is 168 Å². The molecule has 1 heterocycles. The SMILES string of the molecule is COc1c(C)cc(-c2cccc(C(=O)NC[C@@H]3CN(C)CCN3C)c2)cc1C. The van der Waals surface area contributed by atoms with Crippen LogP contribution in [-0.4, -0.2) is 69.1 Å². The first-order valence-electron chi connectivity index (χ1n) is 9.81. The molecule has 1 amide bonds. The van der Waals surface area contributed by atoms with Gasteiger partial charge in [0.25, 0.3) is 5.91 Å². The van der Waals surface area contributed by atoms with E-state index in [2.05, 4.69) is 41.3 Å². The monoisotopic (exact) mass is 381 g/mol. The Morgan fingerprint density at radius 3 is 2.50 bits per heavy atom. The van der Waals surface area contributed by atoms with E-state index < -0.39 is 0 Å². The molecule has 0 saturated carbocycles. The molecule has 150 valence electrons. The van der Waals surface area contributed by atoms with Crippen LogP contribution in [0, 0.1) is 13.8 Å². The van der Waals surface area contributed by atoms with Crippen molar-refractivity contribution in [1.29, 1.82) is 0 Å². The number of benzene rings is 2. The molecule has 0 aliphatic carbocycles. The van der Waals surface area contributed by atoms with Crippen molar-refractivity contribution < 1.29 is 9.53 Å². The molecule has 0 unspecified atom stereocenters. The van der Waals surface area contributed by atoms with Gasteiger partial charge in [-0.15, -0.1) is 0 Å². The predicted octanol–water partition coefficient (Wildman–Crippen LogP) is 2.95. The van der Waals surface area contributed by atoms with Crippen LogP contribution in [0.5, 0.6) is 5.75 Å². The number of carbonyl (C=O) groups is 1. The lowest BCUT2D eigenvalue weighted by Gasteiger charge is -2.37. The fourth-order valence-electron chi connectivity index (χ4n) is 3.91. The van der Waals surface area contributed by atoms with Gasteiger partial charge in [0.2, 0.25) is 0 Å². The molecule has 1 aliphatic heterocycles. The van der Waals surface area contributed by atoms with Crippen LogP contribution in [-0.2, 0) is 0 Å². The summed E-state index contributed by atoms with van der Waals surface area (Å²) in [5.41, 5.74) is 5.01. The van der Waals surface area contributed by atoms with Gasteiger partial charge in [0.05, 0.1) is 7.11 Å². The molecule has 1 saturated heterocycles. The minimum atomic E-state index is -0.0227. The third kappa shape index (κ3) is 4.54. The maximum absolute atomic E-state index is 12.7. The van der Waals surface area contributed by atoms with Gasteiger partial charge in [0.1, 0.15) is 5.75 Å². The fraction of sp³-hybridized carbons (Fsp3) is 0.435. The van der Waals surface area contributed by atoms with E-state index in [1.807, 2.05) is 38.1 Å². The minimum Gasteiger partial charge on any atom is -0.496 e. The quantitative estimate of drug-likeness (QED) is 0.865. The van der Waals surface area contributed by atoms with Crippen LogP contribution in [0.4, 0.5) is 0 Å². The average molecular weight is 382 g/mol. The van der Waals surface area contributed by atoms with Gasteiger partial charge in [0.15, 0.2) is 0 Å². The smallest absolute Gasteiger partial charge is 0.251 e. The summed E-state index contributed by atoms with van der Waals surface area (Å²) in [5.74, 6) is 0.893. The van der Waals surface area contributed by atoms with Crippen molar-refractivity contribution in [2.45, 2.75) is 19.9 Å². The largest absolute Gasteiger partial charge is 0.496 e. The summed E-state index contributed by atoms with van der Waals surface area (Å²) < 4.78 is 5.46. The Morgan fingerprint density at radius 1 is 1.11 bits per heavy atom. The molecule has 0 bridgehead atoms. The molecular weight excluding hydrogens is 350 g/mol. The number of nitrogens with zero attached hydrogens (tertiary/aromatic N) is 2. The number of amides is 1. The lowest BCUT2D eigenvalue weighted by molar-refractivity contribution is 0.0881. The maximum Gasteiger partial charge on any atom is 0.251 e. The van der Waals surface area contributed by atoms with Gasteiger partial charge in [0, 0.05) is 37.8 Å². The van der Waals surface area contributed by atoms with Gasteiger partial charge < -0.3 is 15.0 Å². The summed E-state index contributed by atoms with van der Waals surface area (Å²) in [6, 6.07) is 12.4. The minimum absolute atomic E-state index is 0.0227. The molecular formula is C23H31N3O2. The van der Waals surface area contributed by atoms with Crippen LogP contribution in [0.3, 0.4) is 0 Å². The first-order chi connectivity index (χ1) is 13.4. The van der Waals surface area contributed by atoms with Crippen molar-refractivity contribution in [1.82, 2.24) is 15.1 Å². The lowest BCUT2D eigenvalue weighted by atomic mass is 9.98. The highest BCUT2D eigenvalue weighted by molar-refractivity contribution is 5.95. The molecule has 2 aromatic carbocycles. The van der Waals surface area contributed by atoms with Crippen LogP contribution in [0.2, 0.25) is 0 Å². The lowest BCUT2D eigenvalue weighted by Crippen LogP contribution is -2.54.